The number of ether oxygens (including phenoxy) is 4. The molecule has 2 aromatic carbocycles. The Morgan fingerprint density at radius 1 is 0.936 bits per heavy atom. The van der Waals surface area contributed by atoms with Gasteiger partial charge in [-0.1, -0.05) is 60.7 Å². The summed E-state index contributed by atoms with van der Waals surface area (Å²) in [4.78, 5) is 28.7. The molecule has 3 fully saturated rings. The summed E-state index contributed by atoms with van der Waals surface area (Å²) in [5, 5.41) is 0. The number of halogens is 3. The summed E-state index contributed by atoms with van der Waals surface area (Å²) < 4.78 is 61.1. The van der Waals surface area contributed by atoms with E-state index in [9.17, 15) is 18.0 Å². The maximum Gasteiger partial charge on any atom is 0.422 e. The molecule has 252 valence electrons. The van der Waals surface area contributed by atoms with Crippen molar-refractivity contribution in [3.8, 4) is 17.8 Å². The zero-order valence-electron chi connectivity index (χ0n) is 26.8. The van der Waals surface area contributed by atoms with Crippen LogP contribution in [0.2, 0.25) is 0 Å². The first kappa shape index (κ1) is 33.0. The molecule has 4 heterocycles. The Morgan fingerprint density at radius 3 is 2.13 bits per heavy atom. The second-order valence-electron chi connectivity index (χ2n) is 12.7. The van der Waals surface area contributed by atoms with E-state index in [1.807, 2.05) is 48.2 Å². The molecule has 3 aliphatic rings. The number of carbonyl (C=O) groups is 1. The molecule has 13 heteroatoms. The molecule has 3 saturated heterocycles. The van der Waals surface area contributed by atoms with Gasteiger partial charge in [0.1, 0.15) is 0 Å². The number of amides is 1. The predicted octanol–water partition coefficient (Wildman–Crippen LogP) is 4.00. The molecule has 0 bridgehead atoms. The first-order chi connectivity index (χ1) is 22.6. The van der Waals surface area contributed by atoms with Crippen molar-refractivity contribution in [3.63, 3.8) is 0 Å². The first-order valence-corrected chi connectivity index (χ1v) is 15.7. The van der Waals surface area contributed by atoms with Crippen LogP contribution in [0.1, 0.15) is 29.5 Å². The van der Waals surface area contributed by atoms with Crippen LogP contribution in [0.4, 0.5) is 13.2 Å². The van der Waals surface area contributed by atoms with Crippen LogP contribution in [0.25, 0.3) is 0 Å². The molecule has 1 amide bonds. The molecule has 47 heavy (non-hydrogen) atoms. The minimum Gasteiger partial charge on any atom is -0.481 e. The zero-order chi connectivity index (χ0) is 33.2. The number of hydrogen-bond acceptors (Lipinski definition) is 9. The summed E-state index contributed by atoms with van der Waals surface area (Å²) in [7, 11) is 2.72. The van der Waals surface area contributed by atoms with Gasteiger partial charge in [-0.2, -0.15) is 23.1 Å². The highest BCUT2D eigenvalue weighted by molar-refractivity contribution is 5.83. The highest BCUT2D eigenvalue weighted by Gasteiger charge is 2.48. The van der Waals surface area contributed by atoms with Crippen molar-refractivity contribution in [2.24, 2.45) is 5.41 Å². The smallest absolute Gasteiger partial charge is 0.422 e. The predicted molar refractivity (Wildman–Crippen MR) is 166 cm³/mol. The molecular weight excluding hydrogens is 615 g/mol. The van der Waals surface area contributed by atoms with E-state index in [4.69, 9.17) is 18.9 Å². The van der Waals surface area contributed by atoms with Crippen molar-refractivity contribution in [2.45, 2.75) is 37.6 Å². The molecule has 0 aliphatic carbocycles. The van der Waals surface area contributed by atoms with E-state index in [1.165, 1.54) is 14.2 Å². The summed E-state index contributed by atoms with van der Waals surface area (Å²) in [6, 6.07) is 20.4. The summed E-state index contributed by atoms with van der Waals surface area (Å²) in [6.45, 7) is 4.36. The molecule has 2 atom stereocenters. The standard InChI is InChI=1S/C34H40F3N5O5/c1-33(20-46-21-33)31(43)41-14-15-42-25(17-41)16-40(18-26-29(44-2)38-32(45-3)39-30(26)47-22-34(35,36)37)19-27(42)28(23-10-6-4-7-11-23)24-12-8-5-9-13-24/h4-13,25,27-28H,14-22H2,1-3H3. The number of methoxy groups -OCH3 is 2. The van der Waals surface area contributed by atoms with Crippen LogP contribution < -0.4 is 14.2 Å². The Bertz CT molecular complexity index is 1490. The third kappa shape index (κ3) is 7.16. The van der Waals surface area contributed by atoms with E-state index in [2.05, 4.69) is 44.0 Å². The number of rotatable bonds is 10. The second kappa shape index (κ2) is 13.7. The lowest BCUT2D eigenvalue weighted by Crippen LogP contribution is -2.68. The van der Waals surface area contributed by atoms with Gasteiger partial charge in [0, 0.05) is 57.3 Å². The van der Waals surface area contributed by atoms with E-state index < -0.39 is 18.2 Å². The lowest BCUT2D eigenvalue weighted by molar-refractivity contribution is -0.173. The van der Waals surface area contributed by atoms with Gasteiger partial charge in [-0.15, -0.1) is 0 Å². The van der Waals surface area contributed by atoms with E-state index >= 15 is 0 Å². The highest BCUT2D eigenvalue weighted by Crippen LogP contribution is 2.39. The molecule has 0 radical (unpaired) electrons. The Hall–Kier alpha value is -3.94. The second-order valence-corrected chi connectivity index (χ2v) is 12.7. The van der Waals surface area contributed by atoms with Crippen LogP contribution in [-0.2, 0) is 16.1 Å². The van der Waals surface area contributed by atoms with Gasteiger partial charge in [-0.25, -0.2) is 0 Å². The van der Waals surface area contributed by atoms with Crippen LogP contribution in [0, 0.1) is 5.41 Å². The average Bonchev–Trinajstić information content (AvgIpc) is 3.06. The van der Waals surface area contributed by atoms with Gasteiger partial charge in [0.2, 0.25) is 17.7 Å². The van der Waals surface area contributed by atoms with Gasteiger partial charge in [0.15, 0.2) is 6.61 Å². The summed E-state index contributed by atoms with van der Waals surface area (Å²) in [5.74, 6) is -0.0923. The maximum absolute atomic E-state index is 13.6. The Morgan fingerprint density at radius 2 is 1.57 bits per heavy atom. The molecule has 0 saturated carbocycles. The maximum atomic E-state index is 13.6. The van der Waals surface area contributed by atoms with Crippen LogP contribution in [-0.4, -0.2) is 116 Å². The van der Waals surface area contributed by atoms with E-state index in [0.717, 1.165) is 11.1 Å². The van der Waals surface area contributed by atoms with Crippen molar-refractivity contribution in [1.29, 1.82) is 0 Å². The minimum atomic E-state index is -4.57. The molecule has 10 nitrogen and oxygen atoms in total. The van der Waals surface area contributed by atoms with Crippen LogP contribution >= 0.6 is 0 Å². The van der Waals surface area contributed by atoms with Crippen molar-refractivity contribution in [3.05, 3.63) is 77.4 Å². The molecule has 3 aliphatic heterocycles. The van der Waals surface area contributed by atoms with Gasteiger partial charge in [-0.3, -0.25) is 14.6 Å². The highest BCUT2D eigenvalue weighted by atomic mass is 19.4. The third-order valence-corrected chi connectivity index (χ3v) is 9.26. The van der Waals surface area contributed by atoms with Crippen molar-refractivity contribution >= 4 is 5.91 Å². The number of alkyl halides is 3. The summed E-state index contributed by atoms with van der Waals surface area (Å²) in [6.07, 6.45) is -4.57. The van der Waals surface area contributed by atoms with Gasteiger partial charge >= 0.3 is 12.2 Å². The molecule has 0 N–H and O–H groups in total. The van der Waals surface area contributed by atoms with Crippen LogP contribution in [0.15, 0.2) is 60.7 Å². The Kier molecular flexibility index (Phi) is 9.58. The molecule has 1 aromatic heterocycles. The number of nitrogens with zero attached hydrogens (tertiary/aromatic N) is 5. The van der Waals surface area contributed by atoms with E-state index in [0.29, 0.717) is 51.5 Å². The number of aromatic nitrogens is 2. The van der Waals surface area contributed by atoms with Gasteiger partial charge in [0.25, 0.3) is 0 Å². The zero-order valence-corrected chi connectivity index (χ0v) is 26.8. The first-order valence-electron chi connectivity index (χ1n) is 15.7. The third-order valence-electron chi connectivity index (χ3n) is 9.26. The Balaban J connectivity index is 1.37. The SMILES string of the molecule is COc1nc(OC)c(CN2CC3CN(C(=O)C4(C)COC4)CCN3C(C(c3ccccc3)c3ccccc3)C2)c(OCC(F)(F)F)n1. The minimum absolute atomic E-state index is 0.0162. The summed E-state index contributed by atoms with van der Waals surface area (Å²) >= 11 is 0. The molecule has 2 unspecified atom stereocenters. The largest absolute Gasteiger partial charge is 0.481 e. The fourth-order valence-electron chi connectivity index (χ4n) is 7.01. The average molecular weight is 656 g/mol. The quantitative estimate of drug-likeness (QED) is 0.322. The fourth-order valence-corrected chi connectivity index (χ4v) is 7.01. The van der Waals surface area contributed by atoms with Gasteiger partial charge in [-0.05, 0) is 18.1 Å². The molecular formula is C34H40F3N5O5. The van der Waals surface area contributed by atoms with Crippen molar-refractivity contribution in [2.75, 3.05) is 66.8 Å². The number of benzene rings is 2. The number of fused-ring (bicyclic) bond motifs is 1. The summed E-state index contributed by atoms with van der Waals surface area (Å²) in [5.41, 5.74) is 2.08. The van der Waals surface area contributed by atoms with Gasteiger partial charge in [0.05, 0.1) is 38.4 Å². The topological polar surface area (TPSA) is 89.5 Å². The van der Waals surface area contributed by atoms with E-state index in [-0.39, 0.29) is 48.2 Å². The molecule has 3 aromatic rings. The number of hydrogen-bond donors (Lipinski definition) is 0. The lowest BCUT2D eigenvalue weighted by atomic mass is 9.81. The fraction of sp³-hybridized carbons (Fsp3) is 0.500. The van der Waals surface area contributed by atoms with E-state index in [1.54, 1.807) is 0 Å². The van der Waals surface area contributed by atoms with Crippen molar-refractivity contribution in [1.82, 2.24) is 24.7 Å². The number of carbonyl (C=O) groups excluding carboxylic acids is 1. The Labute approximate surface area is 272 Å². The van der Waals surface area contributed by atoms with Gasteiger partial charge < -0.3 is 23.8 Å². The molecule has 6 rings (SSSR count). The lowest BCUT2D eigenvalue weighted by Gasteiger charge is -2.54. The monoisotopic (exact) mass is 655 g/mol. The molecule has 0 spiro atoms. The van der Waals surface area contributed by atoms with Crippen LogP contribution in [0.5, 0.6) is 17.8 Å². The van der Waals surface area contributed by atoms with Crippen molar-refractivity contribution < 1.29 is 36.9 Å². The number of piperazine rings is 2. The van der Waals surface area contributed by atoms with Crippen LogP contribution in [0.3, 0.4) is 0 Å². The normalized spacial score (nSPS) is 21.6.